The summed E-state index contributed by atoms with van der Waals surface area (Å²) in [5, 5.41) is 0. The summed E-state index contributed by atoms with van der Waals surface area (Å²) in [5.74, 6) is 1.07. The third kappa shape index (κ3) is 7.00. The zero-order valence-corrected chi connectivity index (χ0v) is 9.22. The highest BCUT2D eigenvalue weighted by molar-refractivity contribution is 4.67. The van der Waals surface area contributed by atoms with Crippen LogP contribution in [0, 0.1) is 11.8 Å². The van der Waals surface area contributed by atoms with Crippen molar-refractivity contribution in [2.75, 3.05) is 6.54 Å². The number of hydrogen-bond donors (Lipinski definition) is 1. The first kappa shape index (κ1) is 12.9. The van der Waals surface area contributed by atoms with Gasteiger partial charge in [0.05, 0.1) is 6.17 Å². The van der Waals surface area contributed by atoms with E-state index in [-0.39, 0.29) is 0 Å². The summed E-state index contributed by atoms with van der Waals surface area (Å²) in [6, 6.07) is 0. The van der Waals surface area contributed by atoms with Crippen LogP contribution in [-0.2, 0) is 0 Å². The van der Waals surface area contributed by atoms with Crippen molar-refractivity contribution in [2.24, 2.45) is 17.6 Å². The summed E-state index contributed by atoms with van der Waals surface area (Å²) in [6.07, 6.45) is 3.45. The van der Waals surface area contributed by atoms with Crippen molar-refractivity contribution >= 4 is 0 Å². The highest BCUT2D eigenvalue weighted by atomic mass is 19.1. The van der Waals surface area contributed by atoms with Crippen LogP contribution >= 0.6 is 0 Å². The summed E-state index contributed by atoms with van der Waals surface area (Å²) in [4.78, 5) is 0. The van der Waals surface area contributed by atoms with Gasteiger partial charge in [-0.1, -0.05) is 26.7 Å². The van der Waals surface area contributed by atoms with Crippen LogP contribution in [0.3, 0.4) is 0 Å². The van der Waals surface area contributed by atoms with Gasteiger partial charge in [0.25, 0.3) is 0 Å². The Hall–Kier alpha value is -0.110. The molecule has 0 aromatic heterocycles. The molecular formula is C11H24FN. The molecule has 2 N–H and O–H groups in total. The standard InChI is InChI=1S/C11H24FN/c1-4-5-9(2)6-11(8-13)7-10(3)12/h9-11H,4-8,13H2,1-3H3. The molecule has 0 aliphatic carbocycles. The molecule has 0 fully saturated rings. The minimum Gasteiger partial charge on any atom is -0.330 e. The van der Waals surface area contributed by atoms with Crippen molar-refractivity contribution in [3.8, 4) is 0 Å². The van der Waals surface area contributed by atoms with Gasteiger partial charge in [-0.2, -0.15) is 0 Å². The van der Waals surface area contributed by atoms with Crippen LogP contribution in [0.2, 0.25) is 0 Å². The van der Waals surface area contributed by atoms with E-state index in [2.05, 4.69) is 13.8 Å². The molecule has 2 heteroatoms. The largest absolute Gasteiger partial charge is 0.330 e. The lowest BCUT2D eigenvalue weighted by Crippen LogP contribution is -2.20. The second kappa shape index (κ2) is 7.31. The molecule has 0 amide bonds. The Balaban J connectivity index is 3.69. The lowest BCUT2D eigenvalue weighted by molar-refractivity contribution is 0.260. The van der Waals surface area contributed by atoms with Crippen LogP contribution in [0.5, 0.6) is 0 Å². The van der Waals surface area contributed by atoms with Crippen LogP contribution in [0.15, 0.2) is 0 Å². The smallest absolute Gasteiger partial charge is 0.0976 e. The molecule has 0 spiro atoms. The maximum absolute atomic E-state index is 12.7. The van der Waals surface area contributed by atoms with E-state index >= 15 is 0 Å². The van der Waals surface area contributed by atoms with Crippen LogP contribution in [0.1, 0.15) is 46.5 Å². The van der Waals surface area contributed by atoms with Crippen molar-refractivity contribution < 1.29 is 4.39 Å². The van der Waals surface area contributed by atoms with E-state index in [1.54, 1.807) is 6.92 Å². The highest BCUT2D eigenvalue weighted by Gasteiger charge is 2.14. The maximum Gasteiger partial charge on any atom is 0.0976 e. The van der Waals surface area contributed by atoms with Gasteiger partial charge in [-0.05, 0) is 38.1 Å². The first-order chi connectivity index (χ1) is 6.10. The normalized spacial score (nSPS) is 18.2. The van der Waals surface area contributed by atoms with E-state index in [0.717, 1.165) is 6.42 Å². The number of hydrogen-bond acceptors (Lipinski definition) is 1. The molecule has 80 valence electrons. The molecule has 0 aliphatic rings. The minimum atomic E-state index is -0.706. The molecule has 0 aliphatic heterocycles. The Labute approximate surface area is 81.9 Å². The van der Waals surface area contributed by atoms with E-state index in [1.165, 1.54) is 12.8 Å². The zero-order chi connectivity index (χ0) is 10.3. The topological polar surface area (TPSA) is 26.0 Å². The van der Waals surface area contributed by atoms with Gasteiger partial charge in [-0.15, -0.1) is 0 Å². The number of halogens is 1. The van der Waals surface area contributed by atoms with Crippen LogP contribution in [-0.4, -0.2) is 12.7 Å². The second-order valence-corrected chi connectivity index (χ2v) is 4.25. The average Bonchev–Trinajstić information content (AvgIpc) is 2.02. The summed E-state index contributed by atoms with van der Waals surface area (Å²) >= 11 is 0. The predicted octanol–water partition coefficient (Wildman–Crippen LogP) is 3.14. The van der Waals surface area contributed by atoms with E-state index < -0.39 is 6.17 Å². The van der Waals surface area contributed by atoms with E-state index in [9.17, 15) is 4.39 Å². The fraction of sp³-hybridized carbons (Fsp3) is 1.00. The fourth-order valence-corrected chi connectivity index (χ4v) is 1.93. The molecule has 3 atom stereocenters. The third-order valence-electron chi connectivity index (χ3n) is 2.51. The van der Waals surface area contributed by atoms with Gasteiger partial charge in [0.2, 0.25) is 0 Å². The Morgan fingerprint density at radius 3 is 2.23 bits per heavy atom. The zero-order valence-electron chi connectivity index (χ0n) is 9.22. The first-order valence-corrected chi connectivity index (χ1v) is 5.44. The summed E-state index contributed by atoms with van der Waals surface area (Å²) in [7, 11) is 0. The molecule has 0 bridgehead atoms. The third-order valence-corrected chi connectivity index (χ3v) is 2.51. The molecule has 0 aromatic carbocycles. The van der Waals surface area contributed by atoms with Crippen LogP contribution in [0.4, 0.5) is 4.39 Å². The fourth-order valence-electron chi connectivity index (χ4n) is 1.93. The molecule has 0 radical (unpaired) electrons. The van der Waals surface area contributed by atoms with Crippen molar-refractivity contribution in [1.29, 1.82) is 0 Å². The molecule has 0 saturated heterocycles. The Kier molecular flexibility index (Phi) is 7.25. The van der Waals surface area contributed by atoms with Crippen molar-refractivity contribution in [3.05, 3.63) is 0 Å². The van der Waals surface area contributed by atoms with Gasteiger partial charge in [0.15, 0.2) is 0 Å². The Bertz CT molecular complexity index is 115. The highest BCUT2D eigenvalue weighted by Crippen LogP contribution is 2.20. The SMILES string of the molecule is CCCC(C)CC(CN)CC(C)F. The molecule has 3 unspecified atom stereocenters. The molecule has 13 heavy (non-hydrogen) atoms. The molecule has 1 nitrogen and oxygen atoms in total. The quantitative estimate of drug-likeness (QED) is 0.654. The summed E-state index contributed by atoms with van der Waals surface area (Å²) in [5.41, 5.74) is 5.60. The predicted molar refractivity (Wildman–Crippen MR) is 56.4 cm³/mol. The van der Waals surface area contributed by atoms with E-state index in [1.807, 2.05) is 0 Å². The molecule has 0 aromatic rings. The molecule has 0 saturated carbocycles. The van der Waals surface area contributed by atoms with E-state index in [0.29, 0.717) is 24.8 Å². The van der Waals surface area contributed by atoms with Gasteiger partial charge >= 0.3 is 0 Å². The number of alkyl halides is 1. The van der Waals surface area contributed by atoms with Crippen LogP contribution in [0.25, 0.3) is 0 Å². The summed E-state index contributed by atoms with van der Waals surface area (Å²) < 4.78 is 12.7. The van der Waals surface area contributed by atoms with Gasteiger partial charge < -0.3 is 5.73 Å². The molecule has 0 rings (SSSR count). The summed E-state index contributed by atoms with van der Waals surface area (Å²) in [6.45, 7) is 6.66. The maximum atomic E-state index is 12.7. The van der Waals surface area contributed by atoms with Gasteiger partial charge in [0, 0.05) is 0 Å². The lowest BCUT2D eigenvalue weighted by atomic mass is 9.89. The van der Waals surface area contributed by atoms with Crippen molar-refractivity contribution in [2.45, 2.75) is 52.6 Å². The second-order valence-electron chi connectivity index (χ2n) is 4.25. The van der Waals surface area contributed by atoms with Gasteiger partial charge in [-0.25, -0.2) is 4.39 Å². The lowest BCUT2D eigenvalue weighted by Gasteiger charge is -2.19. The van der Waals surface area contributed by atoms with Gasteiger partial charge in [-0.3, -0.25) is 0 Å². The Morgan fingerprint density at radius 2 is 1.85 bits per heavy atom. The monoisotopic (exact) mass is 189 g/mol. The number of nitrogens with two attached hydrogens (primary N) is 1. The number of rotatable bonds is 7. The van der Waals surface area contributed by atoms with Gasteiger partial charge in [0.1, 0.15) is 0 Å². The van der Waals surface area contributed by atoms with Crippen LogP contribution < -0.4 is 5.73 Å². The van der Waals surface area contributed by atoms with Crippen molar-refractivity contribution in [1.82, 2.24) is 0 Å². The first-order valence-electron chi connectivity index (χ1n) is 5.44. The molecular weight excluding hydrogens is 165 g/mol. The molecule has 0 heterocycles. The Morgan fingerprint density at radius 1 is 1.23 bits per heavy atom. The average molecular weight is 189 g/mol. The van der Waals surface area contributed by atoms with E-state index in [4.69, 9.17) is 5.73 Å². The minimum absolute atomic E-state index is 0.376. The van der Waals surface area contributed by atoms with Crippen molar-refractivity contribution in [3.63, 3.8) is 0 Å².